The Balaban J connectivity index is 1.35. The van der Waals surface area contributed by atoms with Gasteiger partial charge in [-0.05, 0) is 49.1 Å². The first-order valence-electron chi connectivity index (χ1n) is 9.69. The maximum atomic E-state index is 13.0. The molecule has 2 atom stereocenters. The first kappa shape index (κ1) is 18.9. The lowest BCUT2D eigenvalue weighted by molar-refractivity contribution is -0.134. The predicted octanol–water partition coefficient (Wildman–Crippen LogP) is 3.47. The normalized spacial score (nSPS) is 22.0. The number of hydrogen-bond donors (Lipinski definition) is 1. The minimum atomic E-state index is -0.247. The van der Waals surface area contributed by atoms with Gasteiger partial charge in [-0.25, -0.2) is 0 Å². The summed E-state index contributed by atoms with van der Waals surface area (Å²) in [7, 11) is 0. The van der Waals surface area contributed by atoms with Crippen LogP contribution >= 0.6 is 11.8 Å². The van der Waals surface area contributed by atoms with Crippen molar-refractivity contribution in [3.05, 3.63) is 54.6 Å². The van der Waals surface area contributed by atoms with Crippen LogP contribution in [0.1, 0.15) is 12.8 Å². The lowest BCUT2D eigenvalue weighted by atomic mass is 10.1. The summed E-state index contributed by atoms with van der Waals surface area (Å²) in [4.78, 5) is 30.3. The molecule has 28 heavy (non-hydrogen) atoms. The Hall–Kier alpha value is -2.47. The van der Waals surface area contributed by atoms with Crippen molar-refractivity contribution in [3.63, 3.8) is 0 Å². The highest BCUT2D eigenvalue weighted by Crippen LogP contribution is 2.29. The average Bonchev–Trinajstić information content (AvgIpc) is 3.35. The number of carbonyl (C=O) groups is 2. The number of likely N-dealkylation sites (tertiary alicyclic amines) is 1. The zero-order chi connectivity index (χ0) is 19.5. The SMILES string of the molecule is CSc1ccc(N2CC(C(=O)N3CCC(Nc4ccccc4)C3)CC2=O)cc1. The van der Waals surface area contributed by atoms with E-state index in [-0.39, 0.29) is 23.8 Å². The Labute approximate surface area is 170 Å². The largest absolute Gasteiger partial charge is 0.380 e. The summed E-state index contributed by atoms with van der Waals surface area (Å²) < 4.78 is 0. The van der Waals surface area contributed by atoms with Crippen LogP contribution in [-0.2, 0) is 9.59 Å². The second-order valence-corrected chi connectivity index (χ2v) is 8.26. The minimum absolute atomic E-state index is 0.0356. The van der Waals surface area contributed by atoms with Crippen molar-refractivity contribution in [2.75, 3.05) is 36.1 Å². The van der Waals surface area contributed by atoms with Gasteiger partial charge < -0.3 is 15.1 Å². The molecular weight excluding hydrogens is 370 g/mol. The fourth-order valence-electron chi connectivity index (χ4n) is 3.99. The van der Waals surface area contributed by atoms with Crippen molar-refractivity contribution in [2.24, 2.45) is 5.92 Å². The third-order valence-electron chi connectivity index (χ3n) is 5.50. The lowest BCUT2D eigenvalue weighted by Gasteiger charge is -2.21. The van der Waals surface area contributed by atoms with Gasteiger partial charge >= 0.3 is 0 Å². The number of nitrogens with zero attached hydrogens (tertiary/aromatic N) is 2. The number of carbonyl (C=O) groups excluding carboxylic acids is 2. The molecule has 2 aromatic rings. The average molecular weight is 396 g/mol. The Bertz CT molecular complexity index is 841. The second-order valence-electron chi connectivity index (χ2n) is 7.38. The standard InChI is InChI=1S/C22H25N3O2S/c1-28-20-9-7-19(8-10-20)25-14-16(13-21(25)26)22(27)24-12-11-18(15-24)23-17-5-3-2-4-6-17/h2-10,16,18,23H,11-15H2,1H3. The summed E-state index contributed by atoms with van der Waals surface area (Å²) in [5.74, 6) is -0.106. The quantitative estimate of drug-likeness (QED) is 0.788. The van der Waals surface area contributed by atoms with Gasteiger partial charge in [0, 0.05) is 48.4 Å². The topological polar surface area (TPSA) is 52.7 Å². The molecule has 0 aromatic heterocycles. The van der Waals surface area contributed by atoms with Crippen LogP contribution in [0.5, 0.6) is 0 Å². The maximum Gasteiger partial charge on any atom is 0.228 e. The van der Waals surface area contributed by atoms with Gasteiger partial charge in [-0.1, -0.05) is 18.2 Å². The van der Waals surface area contributed by atoms with E-state index in [1.807, 2.05) is 65.8 Å². The molecule has 2 amide bonds. The highest BCUT2D eigenvalue weighted by Gasteiger charge is 2.39. The highest BCUT2D eigenvalue weighted by atomic mass is 32.2. The molecule has 6 heteroatoms. The van der Waals surface area contributed by atoms with Gasteiger partial charge in [0.2, 0.25) is 11.8 Å². The molecule has 2 unspecified atom stereocenters. The summed E-state index contributed by atoms with van der Waals surface area (Å²) in [5, 5.41) is 3.50. The van der Waals surface area contributed by atoms with Crippen LogP contribution in [0, 0.1) is 5.92 Å². The molecule has 146 valence electrons. The van der Waals surface area contributed by atoms with Crippen LogP contribution in [0.4, 0.5) is 11.4 Å². The third kappa shape index (κ3) is 4.02. The lowest BCUT2D eigenvalue weighted by Crippen LogP contribution is -2.37. The maximum absolute atomic E-state index is 13.0. The predicted molar refractivity (Wildman–Crippen MR) is 114 cm³/mol. The highest BCUT2D eigenvalue weighted by molar-refractivity contribution is 7.98. The Kier molecular flexibility index (Phi) is 5.57. The zero-order valence-electron chi connectivity index (χ0n) is 16.0. The molecule has 2 fully saturated rings. The molecule has 2 saturated heterocycles. The van der Waals surface area contributed by atoms with Gasteiger partial charge in [-0.2, -0.15) is 0 Å². The molecule has 4 rings (SSSR count). The first-order chi connectivity index (χ1) is 13.6. The molecular formula is C22H25N3O2S. The molecule has 2 aromatic carbocycles. The van der Waals surface area contributed by atoms with E-state index in [0.717, 1.165) is 29.2 Å². The second kappa shape index (κ2) is 8.27. The van der Waals surface area contributed by atoms with E-state index in [1.165, 1.54) is 0 Å². The molecule has 1 N–H and O–H groups in total. The molecule has 0 spiro atoms. The van der Waals surface area contributed by atoms with Gasteiger partial charge in [-0.3, -0.25) is 9.59 Å². The molecule has 5 nitrogen and oxygen atoms in total. The molecule has 2 aliphatic heterocycles. The van der Waals surface area contributed by atoms with E-state index in [1.54, 1.807) is 16.7 Å². The number of rotatable bonds is 5. The summed E-state index contributed by atoms with van der Waals surface area (Å²) >= 11 is 1.67. The van der Waals surface area contributed by atoms with Crippen LogP contribution in [0.3, 0.4) is 0 Å². The molecule has 2 heterocycles. The van der Waals surface area contributed by atoms with Crippen LogP contribution in [0.15, 0.2) is 59.5 Å². The van der Waals surface area contributed by atoms with Gasteiger partial charge in [-0.15, -0.1) is 11.8 Å². The Morgan fingerprint density at radius 2 is 1.82 bits per heavy atom. The van der Waals surface area contributed by atoms with Gasteiger partial charge in [0.15, 0.2) is 0 Å². The van der Waals surface area contributed by atoms with Crippen molar-refractivity contribution in [3.8, 4) is 0 Å². The van der Waals surface area contributed by atoms with E-state index in [2.05, 4.69) is 5.32 Å². The third-order valence-corrected chi connectivity index (χ3v) is 6.25. The van der Waals surface area contributed by atoms with Gasteiger partial charge in [0.25, 0.3) is 0 Å². The molecule has 0 bridgehead atoms. The van der Waals surface area contributed by atoms with Crippen LogP contribution in [0.25, 0.3) is 0 Å². The molecule has 0 radical (unpaired) electrons. The number of para-hydroxylation sites is 1. The summed E-state index contributed by atoms with van der Waals surface area (Å²) in [5.41, 5.74) is 1.96. The number of amides is 2. The molecule has 0 saturated carbocycles. The first-order valence-corrected chi connectivity index (χ1v) is 10.9. The number of anilines is 2. The minimum Gasteiger partial charge on any atom is -0.380 e. The van der Waals surface area contributed by atoms with Crippen molar-refractivity contribution < 1.29 is 9.59 Å². The van der Waals surface area contributed by atoms with E-state index in [0.29, 0.717) is 19.5 Å². The number of hydrogen-bond acceptors (Lipinski definition) is 4. The zero-order valence-corrected chi connectivity index (χ0v) is 16.8. The fourth-order valence-corrected chi connectivity index (χ4v) is 4.40. The van der Waals surface area contributed by atoms with E-state index in [4.69, 9.17) is 0 Å². The van der Waals surface area contributed by atoms with Gasteiger partial charge in [0.05, 0.1) is 5.92 Å². The van der Waals surface area contributed by atoms with Crippen LogP contribution in [0.2, 0.25) is 0 Å². The molecule has 2 aliphatic rings. The monoisotopic (exact) mass is 395 g/mol. The smallest absolute Gasteiger partial charge is 0.228 e. The van der Waals surface area contributed by atoms with E-state index in [9.17, 15) is 9.59 Å². The van der Waals surface area contributed by atoms with Crippen molar-refractivity contribution in [2.45, 2.75) is 23.8 Å². The van der Waals surface area contributed by atoms with E-state index >= 15 is 0 Å². The summed E-state index contributed by atoms with van der Waals surface area (Å²) in [6.45, 7) is 1.92. The molecule has 0 aliphatic carbocycles. The number of nitrogens with one attached hydrogen (secondary N) is 1. The number of thioether (sulfide) groups is 1. The van der Waals surface area contributed by atoms with Crippen molar-refractivity contribution >= 4 is 35.0 Å². The fraction of sp³-hybridized carbons (Fsp3) is 0.364. The summed E-state index contributed by atoms with van der Waals surface area (Å²) in [6, 6.07) is 18.3. The van der Waals surface area contributed by atoms with Crippen molar-refractivity contribution in [1.29, 1.82) is 0 Å². The van der Waals surface area contributed by atoms with Crippen molar-refractivity contribution in [1.82, 2.24) is 4.90 Å². The summed E-state index contributed by atoms with van der Waals surface area (Å²) in [6.07, 6.45) is 3.26. The van der Waals surface area contributed by atoms with Gasteiger partial charge in [0.1, 0.15) is 0 Å². The number of benzene rings is 2. The van der Waals surface area contributed by atoms with E-state index < -0.39 is 0 Å². The Morgan fingerprint density at radius 3 is 2.54 bits per heavy atom. The van der Waals surface area contributed by atoms with Crippen LogP contribution < -0.4 is 10.2 Å². The Morgan fingerprint density at radius 1 is 1.07 bits per heavy atom. The van der Waals surface area contributed by atoms with Crippen LogP contribution in [-0.4, -0.2) is 48.6 Å².